The number of hydrogen-bond acceptors (Lipinski definition) is 3. The van der Waals surface area contributed by atoms with Gasteiger partial charge in [-0.25, -0.2) is 4.98 Å². The third-order valence-electron chi connectivity index (χ3n) is 4.58. The van der Waals surface area contributed by atoms with Crippen molar-refractivity contribution in [1.29, 1.82) is 0 Å². The Labute approximate surface area is 177 Å². The van der Waals surface area contributed by atoms with Crippen LogP contribution in [0.2, 0.25) is 0 Å². The molecule has 0 saturated heterocycles. The van der Waals surface area contributed by atoms with E-state index in [1.54, 1.807) is 12.3 Å². The van der Waals surface area contributed by atoms with Gasteiger partial charge in [0.05, 0.1) is 11.8 Å². The fourth-order valence-corrected chi connectivity index (χ4v) is 3.34. The summed E-state index contributed by atoms with van der Waals surface area (Å²) >= 11 is 3.43. The lowest BCUT2D eigenvalue weighted by atomic mass is 10.1. The van der Waals surface area contributed by atoms with Crippen LogP contribution in [0.3, 0.4) is 0 Å². The standard InChI is InChI=1S/C24H19BrN2O2/c25-19-12-10-18(11-13-19)22-16-27-24(29-22)21-9-5-4-8-20(21)23(28)26-15-14-17-6-2-1-3-7-17/h1-13,16H,14-15H2,(H,26,28). The molecule has 3 aromatic carbocycles. The number of hydrogen-bond donors (Lipinski definition) is 1. The summed E-state index contributed by atoms with van der Waals surface area (Å²) < 4.78 is 6.95. The van der Waals surface area contributed by atoms with Gasteiger partial charge in [0.2, 0.25) is 5.89 Å². The molecule has 5 heteroatoms. The Bertz CT molecular complexity index is 1110. The molecule has 1 N–H and O–H groups in total. The first-order valence-electron chi connectivity index (χ1n) is 9.34. The Morgan fingerprint density at radius 1 is 0.931 bits per heavy atom. The molecule has 1 heterocycles. The minimum Gasteiger partial charge on any atom is -0.436 e. The van der Waals surface area contributed by atoms with Crippen molar-refractivity contribution in [2.75, 3.05) is 6.54 Å². The Balaban J connectivity index is 1.51. The van der Waals surface area contributed by atoms with Gasteiger partial charge >= 0.3 is 0 Å². The number of halogens is 1. The number of rotatable bonds is 6. The monoisotopic (exact) mass is 446 g/mol. The van der Waals surface area contributed by atoms with Crippen LogP contribution in [0.15, 0.2) is 93.9 Å². The zero-order chi connectivity index (χ0) is 20.1. The van der Waals surface area contributed by atoms with Crippen molar-refractivity contribution in [3.05, 3.63) is 101 Å². The average molecular weight is 447 g/mol. The summed E-state index contributed by atoms with van der Waals surface area (Å²) in [6.45, 7) is 0.562. The summed E-state index contributed by atoms with van der Waals surface area (Å²) in [5.41, 5.74) is 3.34. The highest BCUT2D eigenvalue weighted by atomic mass is 79.9. The first-order chi connectivity index (χ1) is 14.2. The van der Waals surface area contributed by atoms with E-state index in [1.165, 1.54) is 5.56 Å². The molecule has 29 heavy (non-hydrogen) atoms. The molecule has 1 amide bonds. The van der Waals surface area contributed by atoms with Crippen molar-refractivity contribution in [3.63, 3.8) is 0 Å². The van der Waals surface area contributed by atoms with E-state index in [0.29, 0.717) is 29.3 Å². The van der Waals surface area contributed by atoms with E-state index in [0.717, 1.165) is 16.5 Å². The van der Waals surface area contributed by atoms with Crippen LogP contribution in [0.4, 0.5) is 0 Å². The number of aromatic nitrogens is 1. The number of nitrogens with one attached hydrogen (secondary N) is 1. The van der Waals surface area contributed by atoms with Crippen LogP contribution < -0.4 is 5.32 Å². The molecule has 0 saturated carbocycles. The van der Waals surface area contributed by atoms with E-state index in [-0.39, 0.29) is 5.91 Å². The smallest absolute Gasteiger partial charge is 0.252 e. The van der Waals surface area contributed by atoms with Gasteiger partial charge in [-0.2, -0.15) is 0 Å². The fourth-order valence-electron chi connectivity index (χ4n) is 3.07. The molecule has 0 atom stereocenters. The SMILES string of the molecule is O=C(NCCc1ccccc1)c1ccccc1-c1ncc(-c2ccc(Br)cc2)o1. The molecule has 4 rings (SSSR count). The minimum atomic E-state index is -0.139. The summed E-state index contributed by atoms with van der Waals surface area (Å²) in [7, 11) is 0. The first-order valence-corrected chi connectivity index (χ1v) is 10.1. The molecular weight excluding hydrogens is 428 g/mol. The molecule has 0 aliphatic heterocycles. The molecule has 0 aliphatic carbocycles. The third kappa shape index (κ3) is 4.63. The Morgan fingerprint density at radius 2 is 1.66 bits per heavy atom. The Morgan fingerprint density at radius 3 is 2.45 bits per heavy atom. The van der Waals surface area contributed by atoms with Crippen LogP contribution in [-0.4, -0.2) is 17.4 Å². The van der Waals surface area contributed by atoms with Crippen molar-refractivity contribution in [2.24, 2.45) is 0 Å². The van der Waals surface area contributed by atoms with Gasteiger partial charge in [-0.3, -0.25) is 4.79 Å². The topological polar surface area (TPSA) is 55.1 Å². The molecule has 144 valence electrons. The fraction of sp³-hybridized carbons (Fsp3) is 0.0833. The second-order valence-corrected chi connectivity index (χ2v) is 7.49. The average Bonchev–Trinajstić information content (AvgIpc) is 3.25. The number of oxazole rings is 1. The third-order valence-corrected chi connectivity index (χ3v) is 5.11. The summed E-state index contributed by atoms with van der Waals surface area (Å²) in [5, 5.41) is 2.99. The van der Waals surface area contributed by atoms with Crippen LogP contribution in [0.5, 0.6) is 0 Å². The lowest BCUT2D eigenvalue weighted by Gasteiger charge is -2.08. The Kier molecular flexibility index (Phi) is 5.86. The van der Waals surface area contributed by atoms with Gasteiger partial charge < -0.3 is 9.73 Å². The summed E-state index contributed by atoms with van der Waals surface area (Å²) in [5.74, 6) is 0.948. The first kappa shape index (κ1) is 19.2. The maximum absolute atomic E-state index is 12.8. The van der Waals surface area contributed by atoms with Crippen molar-refractivity contribution in [1.82, 2.24) is 10.3 Å². The van der Waals surface area contributed by atoms with Crippen LogP contribution in [0.1, 0.15) is 15.9 Å². The van der Waals surface area contributed by atoms with Gasteiger partial charge in [0.1, 0.15) is 0 Å². The number of carbonyl (C=O) groups excluding carboxylic acids is 1. The molecule has 0 fully saturated rings. The van der Waals surface area contributed by atoms with E-state index < -0.39 is 0 Å². The number of benzene rings is 3. The van der Waals surface area contributed by atoms with Crippen molar-refractivity contribution >= 4 is 21.8 Å². The molecule has 1 aromatic heterocycles. The summed E-state index contributed by atoms with van der Waals surface area (Å²) in [6, 6.07) is 25.2. The van der Waals surface area contributed by atoms with E-state index >= 15 is 0 Å². The predicted octanol–water partition coefficient (Wildman–Crippen LogP) is 5.74. The largest absolute Gasteiger partial charge is 0.436 e. The zero-order valence-corrected chi connectivity index (χ0v) is 17.2. The van der Waals surface area contributed by atoms with E-state index in [2.05, 4.69) is 38.4 Å². The molecule has 0 aliphatic rings. The Hall–Kier alpha value is -3.18. The molecular formula is C24H19BrN2O2. The maximum Gasteiger partial charge on any atom is 0.252 e. The van der Waals surface area contributed by atoms with Gasteiger partial charge in [0, 0.05) is 22.1 Å². The van der Waals surface area contributed by atoms with Gasteiger partial charge in [-0.15, -0.1) is 0 Å². The minimum absolute atomic E-state index is 0.139. The molecule has 0 radical (unpaired) electrons. The molecule has 4 nitrogen and oxygen atoms in total. The predicted molar refractivity (Wildman–Crippen MR) is 118 cm³/mol. The quantitative estimate of drug-likeness (QED) is 0.410. The van der Waals surface area contributed by atoms with Crippen molar-refractivity contribution in [2.45, 2.75) is 6.42 Å². The normalized spacial score (nSPS) is 10.7. The summed E-state index contributed by atoms with van der Waals surface area (Å²) in [4.78, 5) is 17.2. The van der Waals surface area contributed by atoms with Crippen LogP contribution in [0.25, 0.3) is 22.8 Å². The summed E-state index contributed by atoms with van der Waals surface area (Å²) in [6.07, 6.45) is 2.46. The van der Waals surface area contributed by atoms with Gasteiger partial charge in [-0.1, -0.05) is 70.5 Å². The highest BCUT2D eigenvalue weighted by Gasteiger charge is 2.16. The maximum atomic E-state index is 12.8. The van der Waals surface area contributed by atoms with Crippen molar-refractivity contribution in [3.8, 4) is 22.8 Å². The number of nitrogens with zero attached hydrogens (tertiary/aromatic N) is 1. The van der Waals surface area contributed by atoms with E-state index in [9.17, 15) is 4.79 Å². The lowest BCUT2D eigenvalue weighted by molar-refractivity contribution is 0.0954. The van der Waals surface area contributed by atoms with Crippen LogP contribution in [0, 0.1) is 0 Å². The highest BCUT2D eigenvalue weighted by molar-refractivity contribution is 9.10. The molecule has 0 unspecified atom stereocenters. The number of carbonyl (C=O) groups is 1. The van der Waals surface area contributed by atoms with Gasteiger partial charge in [0.15, 0.2) is 5.76 Å². The zero-order valence-electron chi connectivity index (χ0n) is 15.6. The second kappa shape index (κ2) is 8.88. The lowest BCUT2D eigenvalue weighted by Crippen LogP contribution is -2.26. The van der Waals surface area contributed by atoms with E-state index in [1.807, 2.05) is 60.7 Å². The second-order valence-electron chi connectivity index (χ2n) is 6.57. The van der Waals surface area contributed by atoms with Crippen LogP contribution >= 0.6 is 15.9 Å². The van der Waals surface area contributed by atoms with E-state index in [4.69, 9.17) is 4.42 Å². The van der Waals surface area contributed by atoms with Crippen LogP contribution in [-0.2, 0) is 6.42 Å². The molecule has 4 aromatic rings. The molecule has 0 bridgehead atoms. The van der Waals surface area contributed by atoms with Gasteiger partial charge in [0.25, 0.3) is 5.91 Å². The van der Waals surface area contributed by atoms with Crippen molar-refractivity contribution < 1.29 is 9.21 Å². The number of amides is 1. The highest BCUT2D eigenvalue weighted by Crippen LogP contribution is 2.29. The van der Waals surface area contributed by atoms with Gasteiger partial charge in [-0.05, 0) is 36.2 Å². The molecule has 0 spiro atoms.